The molecule has 1 amide bonds. The number of fused-ring (bicyclic) bond motifs is 1. The molecule has 0 saturated carbocycles. The normalized spacial score (nSPS) is 10.9. The number of pyridine rings is 1. The molecule has 0 atom stereocenters. The predicted molar refractivity (Wildman–Crippen MR) is 94.5 cm³/mol. The Bertz CT molecular complexity index is 944. The Morgan fingerprint density at radius 2 is 2.19 bits per heavy atom. The molecule has 3 aromatic heterocycles. The van der Waals surface area contributed by atoms with Crippen LogP contribution in [0, 0.1) is 6.92 Å². The number of aromatic nitrogens is 3. The van der Waals surface area contributed by atoms with Crippen molar-refractivity contribution in [3.05, 3.63) is 35.7 Å². The standard InChI is InChI=1S/C18H20N4O4/c1-11-16-12(18(24)19-8-4-7-15(23)25-3)10-13(14-6-5-9-26-14)20-17(16)22(2)21-11/h5-6,9-10H,4,7-8H2,1-3H3,(H,19,24). The first-order valence-corrected chi connectivity index (χ1v) is 8.24. The Kier molecular flexibility index (Phi) is 5.01. The van der Waals surface area contributed by atoms with E-state index >= 15 is 0 Å². The molecule has 0 aliphatic carbocycles. The predicted octanol–water partition coefficient (Wildman–Crippen LogP) is 2.22. The van der Waals surface area contributed by atoms with Gasteiger partial charge in [-0.25, -0.2) is 4.98 Å². The van der Waals surface area contributed by atoms with Crippen LogP contribution in [0.1, 0.15) is 28.9 Å². The molecule has 26 heavy (non-hydrogen) atoms. The summed E-state index contributed by atoms with van der Waals surface area (Å²) in [6, 6.07) is 5.25. The van der Waals surface area contributed by atoms with Gasteiger partial charge in [0.2, 0.25) is 0 Å². The van der Waals surface area contributed by atoms with Crippen LogP contribution >= 0.6 is 0 Å². The molecular weight excluding hydrogens is 336 g/mol. The molecule has 3 heterocycles. The van der Waals surface area contributed by atoms with Crippen molar-refractivity contribution in [1.82, 2.24) is 20.1 Å². The lowest BCUT2D eigenvalue weighted by Gasteiger charge is -2.08. The van der Waals surface area contributed by atoms with Gasteiger partial charge in [-0.2, -0.15) is 5.10 Å². The van der Waals surface area contributed by atoms with Gasteiger partial charge in [0.05, 0.1) is 30.0 Å². The first-order valence-electron chi connectivity index (χ1n) is 8.24. The van der Waals surface area contributed by atoms with E-state index in [0.29, 0.717) is 41.0 Å². The molecule has 3 rings (SSSR count). The van der Waals surface area contributed by atoms with Crippen molar-refractivity contribution >= 4 is 22.9 Å². The van der Waals surface area contributed by atoms with Crippen LogP contribution in [0.3, 0.4) is 0 Å². The van der Waals surface area contributed by atoms with Crippen LogP contribution in [0.2, 0.25) is 0 Å². The molecule has 136 valence electrons. The zero-order chi connectivity index (χ0) is 18.7. The molecule has 0 aliphatic rings. The molecule has 3 aromatic rings. The molecule has 1 N–H and O–H groups in total. The fourth-order valence-corrected chi connectivity index (χ4v) is 2.81. The van der Waals surface area contributed by atoms with Gasteiger partial charge in [0.1, 0.15) is 5.69 Å². The zero-order valence-corrected chi connectivity index (χ0v) is 14.9. The third-order valence-corrected chi connectivity index (χ3v) is 4.06. The number of nitrogens with zero attached hydrogens (tertiary/aromatic N) is 3. The minimum Gasteiger partial charge on any atom is -0.469 e. The summed E-state index contributed by atoms with van der Waals surface area (Å²) in [6.07, 6.45) is 2.32. The number of hydrogen-bond acceptors (Lipinski definition) is 6. The van der Waals surface area contributed by atoms with Gasteiger partial charge in [-0.05, 0) is 31.5 Å². The summed E-state index contributed by atoms with van der Waals surface area (Å²) in [5.41, 5.74) is 2.37. The number of ether oxygens (including phenoxy) is 1. The summed E-state index contributed by atoms with van der Waals surface area (Å²) in [4.78, 5) is 28.5. The van der Waals surface area contributed by atoms with E-state index in [2.05, 4.69) is 20.1 Å². The van der Waals surface area contributed by atoms with E-state index in [-0.39, 0.29) is 18.3 Å². The summed E-state index contributed by atoms with van der Waals surface area (Å²) in [6.45, 7) is 2.21. The monoisotopic (exact) mass is 356 g/mol. The lowest BCUT2D eigenvalue weighted by molar-refractivity contribution is -0.140. The molecule has 0 aliphatic heterocycles. The molecule has 0 aromatic carbocycles. The van der Waals surface area contributed by atoms with E-state index in [0.717, 1.165) is 5.69 Å². The Balaban J connectivity index is 1.90. The topological polar surface area (TPSA) is 99.2 Å². The lowest BCUT2D eigenvalue weighted by Crippen LogP contribution is -2.25. The smallest absolute Gasteiger partial charge is 0.305 e. The first-order chi connectivity index (χ1) is 12.5. The van der Waals surface area contributed by atoms with Crippen molar-refractivity contribution in [1.29, 1.82) is 0 Å². The molecule has 0 spiro atoms. The third kappa shape index (κ3) is 3.44. The number of esters is 1. The Morgan fingerprint density at radius 3 is 2.88 bits per heavy atom. The molecular formula is C18H20N4O4. The van der Waals surface area contributed by atoms with Crippen molar-refractivity contribution in [2.75, 3.05) is 13.7 Å². The number of amides is 1. The SMILES string of the molecule is COC(=O)CCCNC(=O)c1cc(-c2ccco2)nc2c1c(C)nn2C. The second-order valence-corrected chi connectivity index (χ2v) is 5.88. The first kappa shape index (κ1) is 17.7. The van der Waals surface area contributed by atoms with E-state index in [9.17, 15) is 9.59 Å². The summed E-state index contributed by atoms with van der Waals surface area (Å²) in [5.74, 6) is 0.0328. The number of carbonyl (C=O) groups is 2. The average Bonchev–Trinajstić information content (AvgIpc) is 3.26. The minimum atomic E-state index is -0.297. The third-order valence-electron chi connectivity index (χ3n) is 4.06. The van der Waals surface area contributed by atoms with E-state index in [1.165, 1.54) is 7.11 Å². The highest BCUT2D eigenvalue weighted by Crippen LogP contribution is 2.27. The second-order valence-electron chi connectivity index (χ2n) is 5.88. The van der Waals surface area contributed by atoms with Crippen LogP contribution in [0.25, 0.3) is 22.5 Å². The van der Waals surface area contributed by atoms with Crippen LogP contribution in [0.5, 0.6) is 0 Å². The van der Waals surface area contributed by atoms with Gasteiger partial charge in [0.25, 0.3) is 5.91 Å². The quantitative estimate of drug-likeness (QED) is 0.537. The largest absolute Gasteiger partial charge is 0.469 e. The fraction of sp³-hybridized carbons (Fsp3) is 0.333. The van der Waals surface area contributed by atoms with Gasteiger partial charge < -0.3 is 14.5 Å². The van der Waals surface area contributed by atoms with Crippen molar-refractivity contribution in [3.8, 4) is 11.5 Å². The number of nitrogens with one attached hydrogen (secondary N) is 1. The van der Waals surface area contributed by atoms with E-state index < -0.39 is 0 Å². The second kappa shape index (κ2) is 7.38. The van der Waals surface area contributed by atoms with E-state index in [4.69, 9.17) is 4.42 Å². The summed E-state index contributed by atoms with van der Waals surface area (Å²) >= 11 is 0. The molecule has 0 fully saturated rings. The highest BCUT2D eigenvalue weighted by molar-refractivity contribution is 6.07. The number of carbonyl (C=O) groups excluding carboxylic acids is 2. The summed E-state index contributed by atoms with van der Waals surface area (Å²) < 4.78 is 11.6. The van der Waals surface area contributed by atoms with Gasteiger partial charge >= 0.3 is 5.97 Å². The highest BCUT2D eigenvalue weighted by atomic mass is 16.5. The minimum absolute atomic E-state index is 0.244. The number of furan rings is 1. The van der Waals surface area contributed by atoms with E-state index in [1.807, 2.05) is 6.92 Å². The van der Waals surface area contributed by atoms with Gasteiger partial charge in [0, 0.05) is 20.0 Å². The molecule has 8 heteroatoms. The van der Waals surface area contributed by atoms with Crippen LogP contribution in [0.15, 0.2) is 28.9 Å². The van der Waals surface area contributed by atoms with Crippen molar-refractivity contribution in [3.63, 3.8) is 0 Å². The number of aryl methyl sites for hydroxylation is 2. The van der Waals surface area contributed by atoms with Crippen molar-refractivity contribution < 1.29 is 18.7 Å². The van der Waals surface area contributed by atoms with Crippen LogP contribution in [0.4, 0.5) is 0 Å². The Hall–Kier alpha value is -3.16. The maximum absolute atomic E-state index is 12.7. The van der Waals surface area contributed by atoms with Crippen LogP contribution in [-0.2, 0) is 16.6 Å². The van der Waals surface area contributed by atoms with Gasteiger partial charge in [-0.15, -0.1) is 0 Å². The number of hydrogen-bond donors (Lipinski definition) is 1. The summed E-state index contributed by atoms with van der Waals surface area (Å²) in [7, 11) is 3.13. The van der Waals surface area contributed by atoms with Gasteiger partial charge in [0.15, 0.2) is 11.4 Å². The average molecular weight is 356 g/mol. The van der Waals surface area contributed by atoms with Crippen LogP contribution < -0.4 is 5.32 Å². The van der Waals surface area contributed by atoms with Gasteiger partial charge in [-0.3, -0.25) is 14.3 Å². The maximum atomic E-state index is 12.7. The van der Waals surface area contributed by atoms with Crippen LogP contribution in [-0.4, -0.2) is 40.3 Å². The highest BCUT2D eigenvalue weighted by Gasteiger charge is 2.19. The van der Waals surface area contributed by atoms with E-state index in [1.54, 1.807) is 36.2 Å². The van der Waals surface area contributed by atoms with Crippen molar-refractivity contribution in [2.45, 2.75) is 19.8 Å². The summed E-state index contributed by atoms with van der Waals surface area (Å²) in [5, 5.41) is 7.91. The number of rotatable bonds is 6. The number of methoxy groups -OCH3 is 1. The Labute approximate surface area is 150 Å². The molecule has 0 saturated heterocycles. The molecule has 0 bridgehead atoms. The Morgan fingerprint density at radius 1 is 1.38 bits per heavy atom. The molecule has 0 unspecified atom stereocenters. The fourth-order valence-electron chi connectivity index (χ4n) is 2.81. The van der Waals surface area contributed by atoms with Gasteiger partial charge in [-0.1, -0.05) is 0 Å². The lowest BCUT2D eigenvalue weighted by atomic mass is 10.1. The molecule has 8 nitrogen and oxygen atoms in total. The molecule has 0 radical (unpaired) electrons. The van der Waals surface area contributed by atoms with Crippen molar-refractivity contribution in [2.24, 2.45) is 7.05 Å². The maximum Gasteiger partial charge on any atom is 0.305 e. The zero-order valence-electron chi connectivity index (χ0n) is 14.9.